The molecule has 1 aliphatic rings. The van der Waals surface area contributed by atoms with Crippen LogP contribution in [0.3, 0.4) is 0 Å². The van der Waals surface area contributed by atoms with E-state index in [-0.39, 0.29) is 24.3 Å². The van der Waals surface area contributed by atoms with Crippen molar-refractivity contribution in [2.24, 2.45) is 0 Å². The van der Waals surface area contributed by atoms with Crippen molar-refractivity contribution in [3.05, 3.63) is 69.7 Å². The van der Waals surface area contributed by atoms with Gasteiger partial charge in [-0.25, -0.2) is 4.79 Å². The lowest BCUT2D eigenvalue weighted by Gasteiger charge is -2.41. The standard InChI is InChI=1S/C21H24Cl2N2O2/c1-3-14(2)24-21(26)25-12-17(13-25)27-20(15-8-10-16(22)11-9-15)18-6-4-5-7-19(18)23/h4-11,14,17,20H,3,12-13H2,1-2H3,(H,24,26)/t14-,20?/m0/s1. The van der Waals surface area contributed by atoms with Crippen LogP contribution < -0.4 is 5.32 Å². The van der Waals surface area contributed by atoms with Crippen molar-refractivity contribution in [3.63, 3.8) is 0 Å². The predicted octanol–water partition coefficient (Wildman–Crippen LogP) is 5.29. The average Bonchev–Trinajstić information content (AvgIpc) is 2.62. The van der Waals surface area contributed by atoms with Gasteiger partial charge in [0, 0.05) is 21.7 Å². The molecule has 0 aromatic heterocycles. The van der Waals surface area contributed by atoms with Gasteiger partial charge in [-0.2, -0.15) is 0 Å². The Morgan fingerprint density at radius 1 is 1.19 bits per heavy atom. The minimum absolute atomic E-state index is 0.0370. The first-order valence-electron chi connectivity index (χ1n) is 9.18. The van der Waals surface area contributed by atoms with Gasteiger partial charge in [-0.05, 0) is 37.1 Å². The summed E-state index contributed by atoms with van der Waals surface area (Å²) in [4.78, 5) is 13.9. The Morgan fingerprint density at radius 3 is 2.48 bits per heavy atom. The van der Waals surface area contributed by atoms with E-state index in [9.17, 15) is 4.79 Å². The molecule has 1 aliphatic heterocycles. The van der Waals surface area contributed by atoms with Crippen LogP contribution in [0.4, 0.5) is 4.79 Å². The van der Waals surface area contributed by atoms with Crippen molar-refractivity contribution in [2.45, 2.75) is 38.5 Å². The molecule has 2 atom stereocenters. The summed E-state index contributed by atoms with van der Waals surface area (Å²) in [5.74, 6) is 0. The molecule has 6 heteroatoms. The molecule has 2 aromatic carbocycles. The highest BCUT2D eigenvalue weighted by Gasteiger charge is 2.34. The van der Waals surface area contributed by atoms with Gasteiger partial charge in [-0.3, -0.25) is 0 Å². The van der Waals surface area contributed by atoms with Crippen LogP contribution in [-0.2, 0) is 4.74 Å². The number of hydrogen-bond acceptors (Lipinski definition) is 2. The molecule has 0 radical (unpaired) electrons. The van der Waals surface area contributed by atoms with Gasteiger partial charge < -0.3 is 15.0 Å². The summed E-state index contributed by atoms with van der Waals surface area (Å²) in [6, 6.07) is 15.4. The van der Waals surface area contributed by atoms with Crippen LogP contribution in [0.15, 0.2) is 48.5 Å². The quantitative estimate of drug-likeness (QED) is 0.707. The van der Waals surface area contributed by atoms with Gasteiger partial charge in [0.25, 0.3) is 0 Å². The number of carbonyl (C=O) groups is 1. The summed E-state index contributed by atoms with van der Waals surface area (Å²) in [7, 11) is 0. The Kier molecular flexibility index (Phi) is 6.64. The summed E-state index contributed by atoms with van der Waals surface area (Å²) < 4.78 is 6.34. The predicted molar refractivity (Wildman–Crippen MR) is 109 cm³/mol. The number of hydrogen-bond donors (Lipinski definition) is 1. The molecule has 1 heterocycles. The van der Waals surface area contributed by atoms with Gasteiger partial charge >= 0.3 is 6.03 Å². The molecule has 0 saturated carbocycles. The maximum absolute atomic E-state index is 12.2. The van der Waals surface area contributed by atoms with E-state index in [0.717, 1.165) is 17.5 Å². The van der Waals surface area contributed by atoms with Gasteiger partial charge in [0.05, 0.1) is 19.2 Å². The molecule has 1 saturated heterocycles. The monoisotopic (exact) mass is 406 g/mol. The number of ether oxygens (including phenoxy) is 1. The minimum Gasteiger partial charge on any atom is -0.362 e. The number of urea groups is 1. The molecule has 0 bridgehead atoms. The number of benzene rings is 2. The van der Waals surface area contributed by atoms with E-state index in [2.05, 4.69) is 5.32 Å². The third kappa shape index (κ3) is 4.95. The van der Waals surface area contributed by atoms with Gasteiger partial charge in [-0.15, -0.1) is 0 Å². The number of rotatable bonds is 6. The molecule has 2 amide bonds. The first-order chi connectivity index (χ1) is 13.0. The molecule has 144 valence electrons. The summed E-state index contributed by atoms with van der Waals surface area (Å²) in [5.41, 5.74) is 1.89. The molecule has 3 rings (SSSR count). The topological polar surface area (TPSA) is 41.6 Å². The van der Waals surface area contributed by atoms with E-state index in [4.69, 9.17) is 27.9 Å². The van der Waals surface area contributed by atoms with Crippen molar-refractivity contribution >= 4 is 29.2 Å². The molecule has 27 heavy (non-hydrogen) atoms. The third-order valence-electron chi connectivity index (χ3n) is 4.81. The normalized spacial score (nSPS) is 16.5. The van der Waals surface area contributed by atoms with E-state index in [1.54, 1.807) is 4.90 Å². The highest BCUT2D eigenvalue weighted by molar-refractivity contribution is 6.31. The van der Waals surface area contributed by atoms with Gasteiger partial charge in [-0.1, -0.05) is 60.5 Å². The second-order valence-corrected chi connectivity index (χ2v) is 7.72. The Morgan fingerprint density at radius 2 is 1.85 bits per heavy atom. The number of nitrogens with zero attached hydrogens (tertiary/aromatic N) is 1. The number of likely N-dealkylation sites (tertiary alicyclic amines) is 1. The Balaban J connectivity index is 1.70. The zero-order valence-electron chi connectivity index (χ0n) is 15.5. The van der Waals surface area contributed by atoms with Crippen molar-refractivity contribution in [1.29, 1.82) is 0 Å². The first-order valence-corrected chi connectivity index (χ1v) is 9.94. The van der Waals surface area contributed by atoms with Gasteiger partial charge in [0.1, 0.15) is 6.10 Å². The molecular formula is C21H24Cl2N2O2. The highest BCUT2D eigenvalue weighted by atomic mass is 35.5. The van der Waals surface area contributed by atoms with Crippen LogP contribution in [0.2, 0.25) is 10.0 Å². The molecule has 1 unspecified atom stereocenters. The van der Waals surface area contributed by atoms with Crippen molar-refractivity contribution in [3.8, 4) is 0 Å². The lowest BCUT2D eigenvalue weighted by molar-refractivity contribution is -0.0647. The van der Waals surface area contributed by atoms with E-state index in [0.29, 0.717) is 23.1 Å². The summed E-state index contributed by atoms with van der Waals surface area (Å²) in [6.07, 6.45) is 0.565. The highest BCUT2D eigenvalue weighted by Crippen LogP contribution is 2.34. The number of nitrogens with one attached hydrogen (secondary N) is 1. The molecule has 1 fully saturated rings. The zero-order valence-corrected chi connectivity index (χ0v) is 17.0. The van der Waals surface area contributed by atoms with Crippen molar-refractivity contribution in [1.82, 2.24) is 10.2 Å². The lowest BCUT2D eigenvalue weighted by atomic mass is 10.0. The van der Waals surface area contributed by atoms with Crippen molar-refractivity contribution < 1.29 is 9.53 Å². The molecule has 2 aromatic rings. The van der Waals surface area contributed by atoms with E-state index in [1.165, 1.54) is 0 Å². The lowest BCUT2D eigenvalue weighted by Crippen LogP contribution is -2.58. The smallest absolute Gasteiger partial charge is 0.317 e. The molecule has 0 aliphatic carbocycles. The summed E-state index contributed by atoms with van der Waals surface area (Å²) in [6.45, 7) is 5.18. The second-order valence-electron chi connectivity index (χ2n) is 6.87. The molecule has 0 spiro atoms. The first kappa shape index (κ1) is 20.0. The number of halogens is 2. The summed E-state index contributed by atoms with van der Waals surface area (Å²) in [5, 5.41) is 4.31. The van der Waals surface area contributed by atoms with Gasteiger partial charge in [0.15, 0.2) is 0 Å². The third-order valence-corrected chi connectivity index (χ3v) is 5.40. The van der Waals surface area contributed by atoms with Crippen LogP contribution in [0.25, 0.3) is 0 Å². The Labute approximate surface area is 170 Å². The Hall–Kier alpha value is -1.75. The van der Waals surface area contributed by atoms with Gasteiger partial charge in [0.2, 0.25) is 0 Å². The molecule has 4 nitrogen and oxygen atoms in total. The largest absolute Gasteiger partial charge is 0.362 e. The maximum Gasteiger partial charge on any atom is 0.317 e. The molecule has 1 N–H and O–H groups in total. The van der Waals surface area contributed by atoms with Crippen molar-refractivity contribution in [2.75, 3.05) is 13.1 Å². The molecular weight excluding hydrogens is 383 g/mol. The maximum atomic E-state index is 12.2. The summed E-state index contributed by atoms with van der Waals surface area (Å²) >= 11 is 12.4. The fraction of sp³-hybridized carbons (Fsp3) is 0.381. The number of carbonyl (C=O) groups excluding carboxylic acids is 1. The fourth-order valence-electron chi connectivity index (χ4n) is 2.94. The number of amides is 2. The minimum atomic E-state index is -0.305. The fourth-order valence-corrected chi connectivity index (χ4v) is 3.30. The van der Waals surface area contributed by atoms with Crippen LogP contribution >= 0.6 is 23.2 Å². The van der Waals surface area contributed by atoms with E-state index in [1.807, 2.05) is 62.4 Å². The van der Waals surface area contributed by atoms with E-state index >= 15 is 0 Å². The van der Waals surface area contributed by atoms with E-state index < -0.39 is 0 Å². The van der Waals surface area contributed by atoms with Crippen LogP contribution in [-0.4, -0.2) is 36.2 Å². The van der Waals surface area contributed by atoms with Crippen LogP contribution in [0.1, 0.15) is 37.5 Å². The zero-order chi connectivity index (χ0) is 19.4. The SMILES string of the molecule is CC[C@H](C)NC(=O)N1CC(OC(c2ccc(Cl)cc2)c2ccccc2Cl)C1. The second kappa shape index (κ2) is 8.96. The van der Waals surface area contributed by atoms with Crippen LogP contribution in [0, 0.1) is 0 Å². The Bertz CT molecular complexity index is 776. The average molecular weight is 407 g/mol. The van der Waals surface area contributed by atoms with Crippen LogP contribution in [0.5, 0.6) is 0 Å².